The number of aliphatic hydroxyl groups excluding tert-OH is 1. The minimum Gasteiger partial charge on any atom is -0.481 e. The molecule has 4 heteroatoms. The van der Waals surface area contributed by atoms with E-state index in [1.807, 2.05) is 18.2 Å². The van der Waals surface area contributed by atoms with Crippen LogP contribution in [0.1, 0.15) is 51.5 Å². The summed E-state index contributed by atoms with van der Waals surface area (Å²) in [6, 6.07) is 10.5. The van der Waals surface area contributed by atoms with Crippen LogP contribution >= 0.6 is 0 Å². The number of rotatable bonds is 10. The van der Waals surface area contributed by atoms with E-state index in [0.717, 1.165) is 18.8 Å². The number of carboxylic acids is 1. The average Bonchev–Trinajstić information content (AvgIpc) is 2.66. The molecule has 154 valence electrons. The van der Waals surface area contributed by atoms with Crippen molar-refractivity contribution in [2.24, 2.45) is 23.2 Å². The third kappa shape index (κ3) is 5.03. The number of aliphatic hydroxyl groups is 1. The number of hydrogen-bond acceptors (Lipinski definition) is 3. The summed E-state index contributed by atoms with van der Waals surface area (Å²) < 4.78 is 0. The lowest BCUT2D eigenvalue weighted by Gasteiger charge is -2.62. The predicted octanol–water partition coefficient (Wildman–Crippen LogP) is 4.04. The van der Waals surface area contributed by atoms with E-state index in [0.29, 0.717) is 42.7 Å². The maximum absolute atomic E-state index is 10.7. The second kappa shape index (κ2) is 9.23. The first-order chi connectivity index (χ1) is 13.4. The van der Waals surface area contributed by atoms with Crippen LogP contribution < -0.4 is 5.32 Å². The van der Waals surface area contributed by atoms with Gasteiger partial charge in [0.1, 0.15) is 0 Å². The summed E-state index contributed by atoms with van der Waals surface area (Å²) >= 11 is 0. The molecule has 1 aromatic rings. The summed E-state index contributed by atoms with van der Waals surface area (Å²) in [4.78, 5) is 10.7. The zero-order chi connectivity index (χ0) is 20.1. The molecule has 0 aromatic heterocycles. The Labute approximate surface area is 169 Å². The zero-order valence-corrected chi connectivity index (χ0v) is 17.2. The predicted molar refractivity (Wildman–Crippen MR) is 112 cm³/mol. The van der Waals surface area contributed by atoms with E-state index in [-0.39, 0.29) is 12.5 Å². The van der Waals surface area contributed by atoms with Crippen LogP contribution in [0.5, 0.6) is 0 Å². The molecular weight excluding hydrogens is 350 g/mol. The summed E-state index contributed by atoms with van der Waals surface area (Å²) in [5, 5.41) is 22.9. The van der Waals surface area contributed by atoms with Crippen LogP contribution in [-0.2, 0) is 11.2 Å². The van der Waals surface area contributed by atoms with Gasteiger partial charge in [0.15, 0.2) is 0 Å². The Balaban J connectivity index is 1.54. The van der Waals surface area contributed by atoms with Crippen LogP contribution in [0.2, 0.25) is 0 Å². The first-order valence-electron chi connectivity index (χ1n) is 10.7. The molecule has 0 radical (unpaired) electrons. The highest BCUT2D eigenvalue weighted by molar-refractivity contribution is 5.66. The third-order valence-electron chi connectivity index (χ3n) is 7.06. The van der Waals surface area contributed by atoms with Crippen molar-refractivity contribution < 1.29 is 15.0 Å². The molecule has 3 aliphatic carbocycles. The summed E-state index contributed by atoms with van der Waals surface area (Å²) in [5.41, 5.74) is 1.55. The maximum atomic E-state index is 10.7. The van der Waals surface area contributed by atoms with E-state index in [2.05, 4.69) is 43.4 Å². The molecule has 0 aliphatic heterocycles. The molecule has 3 aliphatic rings. The van der Waals surface area contributed by atoms with Crippen LogP contribution in [0.4, 0.5) is 0 Å². The first kappa shape index (κ1) is 21.1. The average molecular weight is 386 g/mol. The molecule has 0 saturated heterocycles. The largest absolute Gasteiger partial charge is 0.481 e. The molecule has 0 spiro atoms. The van der Waals surface area contributed by atoms with Crippen LogP contribution in [0, 0.1) is 23.2 Å². The van der Waals surface area contributed by atoms with Gasteiger partial charge in [0.2, 0.25) is 0 Å². The van der Waals surface area contributed by atoms with Crippen molar-refractivity contribution >= 4 is 5.97 Å². The molecule has 2 bridgehead atoms. The Bertz CT molecular complexity index is 670. The summed E-state index contributed by atoms with van der Waals surface area (Å²) in [6.45, 7) is 5.39. The van der Waals surface area contributed by atoms with Gasteiger partial charge >= 0.3 is 5.97 Å². The number of carbonyl (C=O) groups is 1. The zero-order valence-electron chi connectivity index (χ0n) is 17.2. The summed E-state index contributed by atoms with van der Waals surface area (Å²) in [7, 11) is 0. The van der Waals surface area contributed by atoms with Crippen molar-refractivity contribution in [1.82, 2.24) is 5.32 Å². The Hall–Kier alpha value is -1.65. The molecular formula is C24H35NO3. The molecule has 3 saturated carbocycles. The Morgan fingerprint density at radius 2 is 2.04 bits per heavy atom. The number of aliphatic carboxylic acids is 1. The van der Waals surface area contributed by atoms with Crippen molar-refractivity contribution in [3.05, 3.63) is 48.0 Å². The highest BCUT2D eigenvalue weighted by Crippen LogP contribution is 2.61. The summed E-state index contributed by atoms with van der Waals surface area (Å²) in [6.07, 6.45) is 9.00. The van der Waals surface area contributed by atoms with Crippen LogP contribution in [0.3, 0.4) is 0 Å². The van der Waals surface area contributed by atoms with E-state index in [1.54, 1.807) is 0 Å². The Kier molecular flexibility index (Phi) is 6.95. The van der Waals surface area contributed by atoms with Crippen LogP contribution in [-0.4, -0.2) is 34.9 Å². The number of benzene rings is 1. The lowest BCUT2D eigenvalue weighted by molar-refractivity contribution is -0.137. The number of allylic oxidation sites excluding steroid dienone is 1. The Morgan fingerprint density at radius 1 is 1.29 bits per heavy atom. The minimum atomic E-state index is -0.721. The number of hydrogen-bond donors (Lipinski definition) is 3. The fourth-order valence-electron chi connectivity index (χ4n) is 5.21. The van der Waals surface area contributed by atoms with E-state index >= 15 is 0 Å². The van der Waals surface area contributed by atoms with Crippen molar-refractivity contribution in [3.8, 4) is 0 Å². The highest BCUT2D eigenvalue weighted by atomic mass is 16.4. The fourth-order valence-corrected chi connectivity index (χ4v) is 5.21. The van der Waals surface area contributed by atoms with Gasteiger partial charge in [-0.2, -0.15) is 0 Å². The number of fused-ring (bicyclic) bond motifs is 2. The number of unbranched alkanes of at least 4 members (excludes halogenated alkanes) is 1. The van der Waals surface area contributed by atoms with Gasteiger partial charge in [-0.1, -0.05) is 56.3 Å². The molecule has 0 heterocycles. The molecule has 0 amide bonds. The lowest BCUT2D eigenvalue weighted by Crippen LogP contribution is -2.60. The topological polar surface area (TPSA) is 69.6 Å². The van der Waals surface area contributed by atoms with Gasteiger partial charge in [-0.15, -0.1) is 0 Å². The van der Waals surface area contributed by atoms with Gasteiger partial charge in [0.05, 0.1) is 6.10 Å². The second-order valence-corrected chi connectivity index (χ2v) is 9.25. The fraction of sp³-hybridized carbons (Fsp3) is 0.625. The molecule has 1 aromatic carbocycles. The SMILES string of the molecule is CC1(C)C2CC(NCC(O)Cc3ccccc3)C(C=CCCCC(=O)O)C1C2. The quantitative estimate of drug-likeness (QED) is 0.420. The van der Waals surface area contributed by atoms with E-state index in [4.69, 9.17) is 5.11 Å². The normalized spacial score (nSPS) is 29.4. The van der Waals surface area contributed by atoms with Crippen LogP contribution in [0.25, 0.3) is 0 Å². The molecule has 4 nitrogen and oxygen atoms in total. The monoisotopic (exact) mass is 385 g/mol. The van der Waals surface area contributed by atoms with Crippen molar-refractivity contribution in [1.29, 1.82) is 0 Å². The van der Waals surface area contributed by atoms with Crippen molar-refractivity contribution in [2.75, 3.05) is 6.54 Å². The third-order valence-corrected chi connectivity index (χ3v) is 7.06. The van der Waals surface area contributed by atoms with Gasteiger partial charge in [-0.25, -0.2) is 0 Å². The molecule has 28 heavy (non-hydrogen) atoms. The van der Waals surface area contributed by atoms with Crippen molar-refractivity contribution in [2.45, 2.75) is 64.5 Å². The van der Waals surface area contributed by atoms with Crippen molar-refractivity contribution in [3.63, 3.8) is 0 Å². The highest BCUT2D eigenvalue weighted by Gasteiger charge is 2.56. The standard InChI is InChI=1S/C24H35NO3/c1-24(2)18-14-21(24)20(11-7-4-8-12-23(27)28)22(15-18)25-16-19(26)13-17-9-5-3-6-10-17/h3,5-7,9-11,18-22,25-26H,4,8,12-16H2,1-2H3,(H,27,28). The second-order valence-electron chi connectivity index (χ2n) is 9.25. The summed E-state index contributed by atoms with van der Waals surface area (Å²) in [5.74, 6) is 1.18. The molecule has 3 fully saturated rings. The molecule has 4 rings (SSSR count). The smallest absolute Gasteiger partial charge is 0.303 e. The van der Waals surface area contributed by atoms with Gasteiger partial charge in [-0.3, -0.25) is 4.79 Å². The van der Waals surface area contributed by atoms with Gasteiger partial charge in [-0.05, 0) is 60.8 Å². The minimum absolute atomic E-state index is 0.235. The molecule has 3 N–H and O–H groups in total. The van der Waals surface area contributed by atoms with E-state index < -0.39 is 5.97 Å². The van der Waals surface area contributed by atoms with Crippen LogP contribution in [0.15, 0.2) is 42.5 Å². The van der Waals surface area contributed by atoms with Gasteiger partial charge in [0, 0.05) is 19.0 Å². The lowest BCUT2D eigenvalue weighted by atomic mass is 9.44. The van der Waals surface area contributed by atoms with E-state index in [9.17, 15) is 9.90 Å². The van der Waals surface area contributed by atoms with Gasteiger partial charge < -0.3 is 15.5 Å². The molecule has 5 atom stereocenters. The first-order valence-corrected chi connectivity index (χ1v) is 10.7. The number of nitrogens with one attached hydrogen (secondary N) is 1. The maximum Gasteiger partial charge on any atom is 0.303 e. The molecule has 5 unspecified atom stereocenters. The Morgan fingerprint density at radius 3 is 2.71 bits per heavy atom. The number of carboxylic acid groups (broad SMARTS) is 1. The van der Waals surface area contributed by atoms with Gasteiger partial charge in [0.25, 0.3) is 0 Å². The van der Waals surface area contributed by atoms with E-state index in [1.165, 1.54) is 12.0 Å².